The number of hydrogen-bond donors (Lipinski definition) is 3. The summed E-state index contributed by atoms with van der Waals surface area (Å²) in [5.74, 6) is 2.51. The molecule has 2 aromatic rings. The molecule has 0 spiro atoms. The molecular formula is C20H30IN3O3. The standard InChI is InChI=1S/C20H29N3O3.HI/c1-4-21-20(23-14-18(24)19-6-5-13-26-19)22-12-11-15(2)16-7-9-17(25-3)10-8-16;/h5-10,13,15,18,24H,4,11-12,14H2,1-3H3,(H2,21,22,23);1H. The van der Waals surface area contributed by atoms with Crippen LogP contribution in [0.3, 0.4) is 0 Å². The fraction of sp³-hybridized carbons (Fsp3) is 0.450. The highest BCUT2D eigenvalue weighted by molar-refractivity contribution is 14.0. The minimum atomic E-state index is -0.737. The van der Waals surface area contributed by atoms with Gasteiger partial charge in [-0.2, -0.15) is 0 Å². The Hall–Kier alpha value is -1.74. The van der Waals surface area contributed by atoms with Gasteiger partial charge in [0, 0.05) is 13.1 Å². The van der Waals surface area contributed by atoms with Crippen molar-refractivity contribution in [1.29, 1.82) is 0 Å². The van der Waals surface area contributed by atoms with Crippen molar-refractivity contribution in [3.05, 3.63) is 54.0 Å². The van der Waals surface area contributed by atoms with Gasteiger partial charge < -0.3 is 24.9 Å². The molecule has 2 unspecified atom stereocenters. The van der Waals surface area contributed by atoms with Crippen LogP contribution in [0, 0.1) is 0 Å². The highest BCUT2D eigenvalue weighted by Crippen LogP contribution is 2.21. The topological polar surface area (TPSA) is 79.0 Å². The molecule has 1 aromatic heterocycles. The average Bonchev–Trinajstić information content (AvgIpc) is 3.20. The van der Waals surface area contributed by atoms with Crippen molar-refractivity contribution in [3.8, 4) is 5.75 Å². The van der Waals surface area contributed by atoms with Gasteiger partial charge in [-0.05, 0) is 49.1 Å². The van der Waals surface area contributed by atoms with Gasteiger partial charge in [0.2, 0.25) is 0 Å². The number of halogens is 1. The van der Waals surface area contributed by atoms with Crippen molar-refractivity contribution in [1.82, 2.24) is 10.6 Å². The molecule has 0 aliphatic rings. The van der Waals surface area contributed by atoms with Crippen LogP contribution >= 0.6 is 24.0 Å². The van der Waals surface area contributed by atoms with Gasteiger partial charge in [0.05, 0.1) is 19.9 Å². The molecule has 0 radical (unpaired) electrons. The lowest BCUT2D eigenvalue weighted by molar-refractivity contribution is 0.158. The maximum atomic E-state index is 10.1. The summed E-state index contributed by atoms with van der Waals surface area (Å²) in [7, 11) is 1.67. The van der Waals surface area contributed by atoms with Crippen molar-refractivity contribution < 1.29 is 14.3 Å². The Morgan fingerprint density at radius 1 is 1.22 bits per heavy atom. The molecule has 0 fully saturated rings. The molecule has 0 amide bonds. The molecule has 0 aliphatic heterocycles. The Morgan fingerprint density at radius 3 is 2.56 bits per heavy atom. The molecule has 2 atom stereocenters. The van der Waals surface area contributed by atoms with Crippen LogP contribution in [-0.2, 0) is 0 Å². The lowest BCUT2D eigenvalue weighted by Gasteiger charge is -2.16. The average molecular weight is 487 g/mol. The summed E-state index contributed by atoms with van der Waals surface area (Å²) in [6.45, 7) is 6.01. The van der Waals surface area contributed by atoms with E-state index in [0.717, 1.165) is 25.3 Å². The van der Waals surface area contributed by atoms with Gasteiger partial charge in [0.25, 0.3) is 0 Å². The predicted octanol–water partition coefficient (Wildman–Crippen LogP) is 3.69. The van der Waals surface area contributed by atoms with Gasteiger partial charge in [-0.1, -0.05) is 19.1 Å². The third-order valence-electron chi connectivity index (χ3n) is 4.19. The van der Waals surface area contributed by atoms with Crippen LogP contribution in [0.4, 0.5) is 0 Å². The number of furan rings is 1. The van der Waals surface area contributed by atoms with E-state index in [-0.39, 0.29) is 30.5 Å². The summed E-state index contributed by atoms with van der Waals surface area (Å²) in [5, 5.41) is 16.6. The molecule has 1 aromatic carbocycles. The number of methoxy groups -OCH3 is 1. The van der Waals surface area contributed by atoms with Gasteiger partial charge in [0.15, 0.2) is 5.96 Å². The summed E-state index contributed by atoms with van der Waals surface area (Å²) in [6.07, 6.45) is 1.78. The summed E-state index contributed by atoms with van der Waals surface area (Å²) >= 11 is 0. The van der Waals surface area contributed by atoms with Crippen LogP contribution in [-0.4, -0.2) is 37.8 Å². The lowest BCUT2D eigenvalue weighted by atomic mass is 9.98. The largest absolute Gasteiger partial charge is 0.497 e. The third-order valence-corrected chi connectivity index (χ3v) is 4.19. The van der Waals surface area contributed by atoms with E-state index in [1.165, 1.54) is 5.56 Å². The number of rotatable bonds is 9. The minimum absolute atomic E-state index is 0. The van der Waals surface area contributed by atoms with Crippen molar-refractivity contribution in [2.75, 3.05) is 26.7 Å². The predicted molar refractivity (Wildman–Crippen MR) is 119 cm³/mol. The molecular weight excluding hydrogens is 457 g/mol. The fourth-order valence-corrected chi connectivity index (χ4v) is 2.60. The van der Waals surface area contributed by atoms with Crippen LogP contribution in [0.15, 0.2) is 52.1 Å². The maximum Gasteiger partial charge on any atom is 0.191 e. The number of nitrogens with one attached hydrogen (secondary N) is 2. The van der Waals surface area contributed by atoms with Gasteiger partial charge in [-0.25, -0.2) is 0 Å². The quantitative estimate of drug-likeness (QED) is 0.286. The third kappa shape index (κ3) is 7.80. The van der Waals surface area contributed by atoms with E-state index in [9.17, 15) is 5.11 Å². The lowest BCUT2D eigenvalue weighted by Crippen LogP contribution is -2.38. The van der Waals surface area contributed by atoms with E-state index < -0.39 is 6.10 Å². The monoisotopic (exact) mass is 487 g/mol. The minimum Gasteiger partial charge on any atom is -0.497 e. The normalized spacial score (nSPS) is 13.4. The van der Waals surface area contributed by atoms with Crippen molar-refractivity contribution >= 4 is 29.9 Å². The molecule has 6 nitrogen and oxygen atoms in total. The zero-order valence-electron chi connectivity index (χ0n) is 16.1. The second kappa shape index (κ2) is 12.6. The van der Waals surface area contributed by atoms with Gasteiger partial charge in [-0.3, -0.25) is 4.99 Å². The van der Waals surface area contributed by atoms with E-state index in [1.807, 2.05) is 19.1 Å². The molecule has 2 rings (SSSR count). The van der Waals surface area contributed by atoms with Crippen molar-refractivity contribution in [2.24, 2.45) is 4.99 Å². The first-order valence-electron chi connectivity index (χ1n) is 9.01. The molecule has 1 heterocycles. The number of aliphatic hydroxyl groups excluding tert-OH is 1. The zero-order valence-corrected chi connectivity index (χ0v) is 18.5. The summed E-state index contributed by atoms with van der Waals surface area (Å²) in [6, 6.07) is 11.7. The summed E-state index contributed by atoms with van der Waals surface area (Å²) < 4.78 is 10.4. The van der Waals surface area contributed by atoms with Gasteiger partial charge >= 0.3 is 0 Å². The second-order valence-corrected chi connectivity index (χ2v) is 6.14. The number of nitrogens with zero attached hydrogens (tertiary/aromatic N) is 1. The summed E-state index contributed by atoms with van der Waals surface area (Å²) in [4.78, 5) is 4.43. The number of aliphatic hydroxyl groups is 1. The number of benzene rings is 1. The fourth-order valence-electron chi connectivity index (χ4n) is 2.60. The highest BCUT2D eigenvalue weighted by Gasteiger charge is 2.10. The van der Waals surface area contributed by atoms with E-state index in [1.54, 1.807) is 25.5 Å². The zero-order chi connectivity index (χ0) is 18.8. The Balaban J connectivity index is 0.00000364. The van der Waals surface area contributed by atoms with E-state index in [4.69, 9.17) is 9.15 Å². The van der Waals surface area contributed by atoms with E-state index in [2.05, 4.69) is 34.7 Å². The molecule has 0 saturated heterocycles. The summed E-state index contributed by atoms with van der Waals surface area (Å²) in [5.41, 5.74) is 1.28. The van der Waals surface area contributed by atoms with Gasteiger partial charge in [0.1, 0.15) is 17.6 Å². The highest BCUT2D eigenvalue weighted by atomic mass is 127. The van der Waals surface area contributed by atoms with Gasteiger partial charge in [-0.15, -0.1) is 24.0 Å². The Kier molecular flexibility index (Phi) is 10.9. The Bertz CT molecular complexity index is 660. The first kappa shape index (κ1) is 23.3. The van der Waals surface area contributed by atoms with Crippen LogP contribution in [0.1, 0.15) is 43.6 Å². The molecule has 27 heavy (non-hydrogen) atoms. The maximum absolute atomic E-state index is 10.1. The molecule has 0 bridgehead atoms. The second-order valence-electron chi connectivity index (χ2n) is 6.14. The number of guanidine groups is 1. The SMILES string of the molecule is CCNC(=NCC(O)c1ccco1)NCCC(C)c1ccc(OC)cc1.I. The number of ether oxygens (including phenoxy) is 1. The number of hydrogen-bond acceptors (Lipinski definition) is 4. The molecule has 0 saturated carbocycles. The Labute approximate surface area is 178 Å². The van der Waals surface area contributed by atoms with Crippen LogP contribution < -0.4 is 15.4 Å². The molecule has 7 heteroatoms. The van der Waals surface area contributed by atoms with Crippen LogP contribution in [0.25, 0.3) is 0 Å². The first-order valence-corrected chi connectivity index (χ1v) is 9.01. The van der Waals surface area contributed by atoms with E-state index >= 15 is 0 Å². The van der Waals surface area contributed by atoms with Crippen LogP contribution in [0.5, 0.6) is 5.75 Å². The molecule has 0 aliphatic carbocycles. The molecule has 3 N–H and O–H groups in total. The number of aliphatic imine (C=N–C) groups is 1. The van der Waals surface area contributed by atoms with Crippen molar-refractivity contribution in [3.63, 3.8) is 0 Å². The smallest absolute Gasteiger partial charge is 0.191 e. The molecule has 150 valence electrons. The van der Waals surface area contributed by atoms with E-state index in [0.29, 0.717) is 17.6 Å². The Morgan fingerprint density at radius 2 is 1.96 bits per heavy atom. The van der Waals surface area contributed by atoms with Crippen LogP contribution in [0.2, 0.25) is 0 Å². The van der Waals surface area contributed by atoms with Crippen molar-refractivity contribution in [2.45, 2.75) is 32.3 Å². The first-order chi connectivity index (χ1) is 12.6.